The predicted molar refractivity (Wildman–Crippen MR) is 141 cm³/mol. The van der Waals surface area contributed by atoms with Crippen LogP contribution in [0.15, 0.2) is 71.6 Å². The molecule has 37 heavy (non-hydrogen) atoms. The van der Waals surface area contributed by atoms with Crippen LogP contribution in [0.3, 0.4) is 0 Å². The van der Waals surface area contributed by atoms with Crippen LogP contribution >= 0.6 is 0 Å². The second-order valence-electron chi connectivity index (χ2n) is 10.5. The molecule has 5 rings (SSSR count). The largest absolute Gasteiger partial charge is 0.730 e. The monoisotopic (exact) mass is 521 g/mol. The molecule has 1 amide bonds. The molecule has 0 radical (unpaired) electrons. The summed E-state index contributed by atoms with van der Waals surface area (Å²) in [5.74, 6) is 0. The third-order valence-corrected chi connectivity index (χ3v) is 7.51. The van der Waals surface area contributed by atoms with Gasteiger partial charge in [0, 0.05) is 42.1 Å². The first-order chi connectivity index (χ1) is 17.5. The highest BCUT2D eigenvalue weighted by atomic mass is 32.2. The third kappa shape index (κ3) is 5.19. The number of amides is 1. The Morgan fingerprint density at radius 3 is 2.46 bits per heavy atom. The smallest absolute Gasteiger partial charge is 0.428 e. The van der Waals surface area contributed by atoms with Gasteiger partial charge in [0.15, 0.2) is 23.1 Å². The molecule has 0 unspecified atom stereocenters. The van der Waals surface area contributed by atoms with Gasteiger partial charge in [0.25, 0.3) is 0 Å². The SMILES string of the molecule is CC(C)(C)OC(=O)N(C1=C(C=[N+]2CCc3ccccc32)CC/C1=C\N1CCc2ccccc21)S(=O)(=O)[O-]. The average molecular weight is 522 g/mol. The Bertz CT molecular complexity index is 1450. The van der Waals surface area contributed by atoms with E-state index in [4.69, 9.17) is 4.74 Å². The van der Waals surface area contributed by atoms with E-state index < -0.39 is 22.0 Å². The summed E-state index contributed by atoms with van der Waals surface area (Å²) >= 11 is 0. The summed E-state index contributed by atoms with van der Waals surface area (Å²) in [6.45, 7) is 6.36. The molecule has 0 spiro atoms. The van der Waals surface area contributed by atoms with E-state index in [9.17, 15) is 17.8 Å². The summed E-state index contributed by atoms with van der Waals surface area (Å²) in [7, 11) is -5.22. The first-order valence-corrected chi connectivity index (χ1v) is 13.8. The topological polar surface area (TPSA) is 93.0 Å². The number of rotatable bonds is 4. The van der Waals surface area contributed by atoms with E-state index in [1.54, 1.807) is 20.8 Å². The van der Waals surface area contributed by atoms with Gasteiger partial charge < -0.3 is 14.2 Å². The zero-order valence-corrected chi connectivity index (χ0v) is 22.1. The quantitative estimate of drug-likeness (QED) is 0.430. The Morgan fingerprint density at radius 1 is 1.03 bits per heavy atom. The van der Waals surface area contributed by atoms with Crippen LogP contribution in [0.2, 0.25) is 0 Å². The molecule has 0 fully saturated rings. The standard InChI is InChI=1S/C28H31N3O5S/c1-28(2,3)36-27(32)31(37(33,34)35)26-22(18-29-16-14-20-8-4-6-10-24(20)29)12-13-23(26)19-30-17-15-21-9-5-7-11-25(21)30/h4-11,18-19H,12-17H2,1-3H3. The molecule has 3 aliphatic rings. The molecule has 8 nitrogen and oxygen atoms in total. The van der Waals surface area contributed by atoms with Crippen LogP contribution < -0.4 is 4.90 Å². The van der Waals surface area contributed by atoms with Crippen molar-refractivity contribution in [3.63, 3.8) is 0 Å². The van der Waals surface area contributed by atoms with Crippen molar-refractivity contribution in [2.24, 2.45) is 0 Å². The van der Waals surface area contributed by atoms with E-state index in [0.29, 0.717) is 28.3 Å². The number of carbonyl (C=O) groups is 1. The predicted octanol–water partition coefficient (Wildman–Crippen LogP) is 4.65. The van der Waals surface area contributed by atoms with E-state index in [1.807, 2.05) is 48.8 Å². The maximum Gasteiger partial charge on any atom is 0.428 e. The molecular weight excluding hydrogens is 490 g/mol. The van der Waals surface area contributed by atoms with Gasteiger partial charge in [-0.1, -0.05) is 36.4 Å². The molecule has 0 aromatic heterocycles. The van der Waals surface area contributed by atoms with Gasteiger partial charge in [0.1, 0.15) is 5.60 Å². The molecule has 0 saturated carbocycles. The molecule has 2 aromatic rings. The molecule has 2 heterocycles. The zero-order valence-electron chi connectivity index (χ0n) is 21.3. The molecule has 194 valence electrons. The van der Waals surface area contributed by atoms with Gasteiger partial charge in [-0.15, -0.1) is 0 Å². The normalized spacial score (nSPS) is 19.5. The van der Waals surface area contributed by atoms with Gasteiger partial charge in [-0.3, -0.25) is 0 Å². The lowest BCUT2D eigenvalue weighted by Gasteiger charge is -2.30. The van der Waals surface area contributed by atoms with Crippen LogP contribution in [0, 0.1) is 0 Å². The average Bonchev–Trinajstić information content (AvgIpc) is 3.52. The first-order valence-electron chi connectivity index (χ1n) is 12.5. The minimum Gasteiger partial charge on any atom is -0.730 e. The maximum atomic E-state index is 13.2. The van der Waals surface area contributed by atoms with Crippen LogP contribution in [0.4, 0.5) is 16.2 Å². The maximum absolute atomic E-state index is 13.2. The number of ether oxygens (including phenoxy) is 1. The highest BCUT2D eigenvalue weighted by Crippen LogP contribution is 2.38. The highest BCUT2D eigenvalue weighted by molar-refractivity contribution is 7.84. The van der Waals surface area contributed by atoms with Crippen molar-refractivity contribution in [3.8, 4) is 0 Å². The summed E-state index contributed by atoms with van der Waals surface area (Å²) < 4.78 is 45.5. The number of fused-ring (bicyclic) bond motifs is 2. The summed E-state index contributed by atoms with van der Waals surface area (Å²) in [5.41, 5.74) is 4.81. The number of allylic oxidation sites excluding steroid dienone is 2. The number of benzene rings is 2. The number of carbonyl (C=O) groups excluding carboxylic acids is 1. The highest BCUT2D eigenvalue weighted by Gasteiger charge is 2.37. The lowest BCUT2D eigenvalue weighted by molar-refractivity contribution is -0.423. The fourth-order valence-corrected chi connectivity index (χ4v) is 5.87. The number of hydrogen-bond donors (Lipinski definition) is 0. The van der Waals surface area contributed by atoms with Crippen molar-refractivity contribution in [2.45, 2.75) is 52.1 Å². The molecule has 2 aromatic carbocycles. The van der Waals surface area contributed by atoms with E-state index in [1.165, 1.54) is 11.1 Å². The van der Waals surface area contributed by atoms with Gasteiger partial charge >= 0.3 is 6.09 Å². The number of para-hydroxylation sites is 2. The molecule has 0 saturated heterocycles. The van der Waals surface area contributed by atoms with Crippen molar-refractivity contribution >= 4 is 34.0 Å². The first kappa shape index (κ1) is 25.2. The second-order valence-corrected chi connectivity index (χ2v) is 11.7. The summed E-state index contributed by atoms with van der Waals surface area (Å²) in [5, 5.41) is 0. The van der Waals surface area contributed by atoms with E-state index in [2.05, 4.69) is 21.6 Å². The Kier molecular flexibility index (Phi) is 6.45. The van der Waals surface area contributed by atoms with Gasteiger partial charge in [-0.25, -0.2) is 13.2 Å². The van der Waals surface area contributed by atoms with E-state index in [0.717, 1.165) is 37.3 Å². The minimum atomic E-state index is -5.22. The fraction of sp³-hybridized carbons (Fsp3) is 0.357. The Morgan fingerprint density at radius 2 is 1.73 bits per heavy atom. The van der Waals surface area contributed by atoms with Crippen LogP contribution in [0.5, 0.6) is 0 Å². The number of nitrogens with zero attached hydrogens (tertiary/aromatic N) is 3. The van der Waals surface area contributed by atoms with Crippen molar-refractivity contribution in [2.75, 3.05) is 18.0 Å². The second kappa shape index (κ2) is 9.46. The molecule has 2 aliphatic heterocycles. The Balaban J connectivity index is 1.64. The molecular formula is C28H31N3O5S. The van der Waals surface area contributed by atoms with Crippen LogP contribution in [-0.2, 0) is 27.9 Å². The fourth-order valence-electron chi connectivity index (χ4n) is 5.19. The molecule has 9 heteroatoms. The Hall–Kier alpha value is -3.43. The zero-order chi connectivity index (χ0) is 26.4. The van der Waals surface area contributed by atoms with Crippen molar-refractivity contribution in [3.05, 3.63) is 82.7 Å². The van der Waals surface area contributed by atoms with Crippen LogP contribution in [-0.4, -0.2) is 52.8 Å². The summed E-state index contributed by atoms with van der Waals surface area (Å²) in [6.07, 6.45) is 5.26. The third-order valence-electron chi connectivity index (χ3n) is 6.73. The van der Waals surface area contributed by atoms with Crippen LogP contribution in [0.1, 0.15) is 44.7 Å². The van der Waals surface area contributed by atoms with Gasteiger partial charge in [0.2, 0.25) is 5.69 Å². The summed E-state index contributed by atoms with van der Waals surface area (Å²) in [4.78, 5) is 15.2. The van der Waals surface area contributed by atoms with Gasteiger partial charge in [0.05, 0.1) is 5.70 Å². The van der Waals surface area contributed by atoms with Gasteiger partial charge in [-0.2, -0.15) is 8.88 Å². The lowest BCUT2D eigenvalue weighted by Crippen LogP contribution is -2.40. The number of hydrogen-bond acceptors (Lipinski definition) is 6. The van der Waals surface area contributed by atoms with E-state index >= 15 is 0 Å². The minimum absolute atomic E-state index is 0.0954. The van der Waals surface area contributed by atoms with Crippen molar-refractivity contribution in [1.29, 1.82) is 0 Å². The number of anilines is 1. The molecule has 0 N–H and O–H groups in total. The lowest BCUT2D eigenvalue weighted by atomic mass is 10.2. The molecule has 1 aliphatic carbocycles. The summed E-state index contributed by atoms with van der Waals surface area (Å²) in [6, 6.07) is 16.1. The van der Waals surface area contributed by atoms with Crippen molar-refractivity contribution in [1.82, 2.24) is 4.31 Å². The van der Waals surface area contributed by atoms with Gasteiger partial charge in [-0.05, 0) is 57.2 Å². The van der Waals surface area contributed by atoms with Crippen molar-refractivity contribution < 1.29 is 27.1 Å². The van der Waals surface area contributed by atoms with Crippen LogP contribution in [0.25, 0.3) is 0 Å². The molecule has 0 atom stereocenters. The van der Waals surface area contributed by atoms with E-state index in [-0.39, 0.29) is 5.70 Å². The Labute approximate surface area is 218 Å². The molecule has 0 bridgehead atoms.